The van der Waals surface area contributed by atoms with E-state index in [2.05, 4.69) is 80.0 Å². The Balaban J connectivity index is 1.07. The van der Waals surface area contributed by atoms with Gasteiger partial charge in [0.2, 0.25) is 11.7 Å². The number of benzene rings is 3. The molecule has 0 radical (unpaired) electrons. The summed E-state index contributed by atoms with van der Waals surface area (Å²) in [6, 6.07) is 28.7. The summed E-state index contributed by atoms with van der Waals surface area (Å²) >= 11 is 0. The van der Waals surface area contributed by atoms with Crippen molar-refractivity contribution in [2.24, 2.45) is 0 Å². The first-order valence-corrected chi connectivity index (χ1v) is 17.5. The number of ether oxygens (including phenoxy) is 3. The molecule has 0 bridgehead atoms. The van der Waals surface area contributed by atoms with Crippen molar-refractivity contribution in [2.45, 2.75) is 31.2 Å². The van der Waals surface area contributed by atoms with Crippen molar-refractivity contribution in [3.05, 3.63) is 108 Å². The lowest BCUT2D eigenvalue weighted by molar-refractivity contribution is 0.0780. The maximum Gasteiger partial charge on any atom is 0.254 e. The zero-order valence-corrected chi connectivity index (χ0v) is 29.3. The van der Waals surface area contributed by atoms with Crippen LogP contribution in [-0.2, 0) is 12.0 Å². The summed E-state index contributed by atoms with van der Waals surface area (Å²) < 4.78 is 18.9. The molecule has 0 N–H and O–H groups in total. The SMILES string of the molecule is COc1cc(C(=O)N2CCC(CCN3CCCN(c4nc5ccccc5n4Cc4ccccn4)CC3)(c3ccccc3)C2)cc(OC)c1OC. The fourth-order valence-electron chi connectivity index (χ4n) is 7.69. The lowest BCUT2D eigenvalue weighted by Crippen LogP contribution is -2.39. The highest BCUT2D eigenvalue weighted by atomic mass is 16.5. The lowest BCUT2D eigenvalue weighted by Gasteiger charge is -2.33. The molecule has 3 aromatic carbocycles. The van der Waals surface area contributed by atoms with Crippen molar-refractivity contribution >= 4 is 22.9 Å². The van der Waals surface area contributed by atoms with E-state index in [1.165, 1.54) is 5.56 Å². The van der Waals surface area contributed by atoms with Crippen LogP contribution in [0.25, 0.3) is 11.0 Å². The normalized spacial score (nSPS) is 18.3. The number of carbonyl (C=O) groups is 1. The predicted octanol–water partition coefficient (Wildman–Crippen LogP) is 5.89. The molecule has 260 valence electrons. The molecule has 0 saturated carbocycles. The van der Waals surface area contributed by atoms with Crippen LogP contribution >= 0.6 is 0 Å². The number of hydrogen-bond acceptors (Lipinski definition) is 8. The molecular weight excluding hydrogens is 628 g/mol. The van der Waals surface area contributed by atoms with Crippen molar-refractivity contribution in [2.75, 3.05) is 72.0 Å². The van der Waals surface area contributed by atoms with Gasteiger partial charge in [0.1, 0.15) is 0 Å². The molecule has 7 rings (SSSR count). The zero-order chi connectivity index (χ0) is 34.5. The number of imidazole rings is 1. The van der Waals surface area contributed by atoms with Crippen LogP contribution in [0.1, 0.15) is 40.9 Å². The van der Waals surface area contributed by atoms with Gasteiger partial charge < -0.3 is 33.5 Å². The van der Waals surface area contributed by atoms with Crippen LogP contribution in [0.4, 0.5) is 5.95 Å². The maximum atomic E-state index is 14.0. The number of nitrogens with zero attached hydrogens (tertiary/aromatic N) is 6. The minimum atomic E-state index is -0.139. The van der Waals surface area contributed by atoms with Gasteiger partial charge in [-0.25, -0.2) is 4.98 Å². The second-order valence-corrected chi connectivity index (χ2v) is 13.3. The van der Waals surface area contributed by atoms with Crippen LogP contribution in [0.3, 0.4) is 0 Å². The van der Waals surface area contributed by atoms with Crippen LogP contribution < -0.4 is 19.1 Å². The molecule has 5 aromatic rings. The number of hydrogen-bond donors (Lipinski definition) is 0. The average Bonchev–Trinajstić information content (AvgIpc) is 3.68. The Morgan fingerprint density at radius 2 is 1.58 bits per heavy atom. The van der Waals surface area contributed by atoms with E-state index in [9.17, 15) is 4.79 Å². The quantitative estimate of drug-likeness (QED) is 0.172. The summed E-state index contributed by atoms with van der Waals surface area (Å²) in [6.45, 7) is 6.80. The summed E-state index contributed by atoms with van der Waals surface area (Å²) in [5.41, 5.74) is 4.85. The van der Waals surface area contributed by atoms with E-state index in [1.807, 2.05) is 23.2 Å². The van der Waals surface area contributed by atoms with Gasteiger partial charge in [-0.15, -0.1) is 0 Å². The number of anilines is 1. The number of rotatable bonds is 11. The summed E-state index contributed by atoms with van der Waals surface area (Å²) in [5, 5.41) is 0. The Morgan fingerprint density at radius 1 is 0.820 bits per heavy atom. The first-order valence-electron chi connectivity index (χ1n) is 17.5. The lowest BCUT2D eigenvalue weighted by atomic mass is 9.76. The standard InChI is InChI=1S/C40H46N6O4/c1-48-35-26-30(27-36(49-2)37(35)50-3)38(47)45-23-18-40(29-45,31-12-5-4-6-13-31)17-22-43-20-11-21-44(25-24-43)39-42-33-15-7-8-16-34(33)46(39)28-32-14-9-10-19-41-32/h4-10,12-16,19,26-27H,11,17-18,20-25,28-29H2,1-3H3. The summed E-state index contributed by atoms with van der Waals surface area (Å²) in [5.74, 6) is 2.42. The molecule has 0 spiro atoms. The second-order valence-electron chi connectivity index (χ2n) is 13.3. The van der Waals surface area contributed by atoms with Gasteiger partial charge in [0.15, 0.2) is 11.5 Å². The molecule has 2 aliphatic rings. The molecule has 2 fully saturated rings. The van der Waals surface area contributed by atoms with Gasteiger partial charge in [-0.05, 0) is 74.3 Å². The fourth-order valence-corrected chi connectivity index (χ4v) is 7.69. The minimum absolute atomic E-state index is 0.0268. The third-order valence-electron chi connectivity index (χ3n) is 10.4. The molecule has 10 heteroatoms. The minimum Gasteiger partial charge on any atom is -0.493 e. The van der Waals surface area contributed by atoms with Crippen molar-refractivity contribution in [1.29, 1.82) is 0 Å². The van der Waals surface area contributed by atoms with Crippen molar-refractivity contribution in [3.8, 4) is 17.2 Å². The van der Waals surface area contributed by atoms with Crippen LogP contribution in [0.15, 0.2) is 91.1 Å². The van der Waals surface area contributed by atoms with E-state index in [-0.39, 0.29) is 11.3 Å². The Labute approximate surface area is 294 Å². The first-order chi connectivity index (χ1) is 24.5. The Kier molecular flexibility index (Phi) is 9.89. The van der Waals surface area contributed by atoms with Crippen molar-refractivity contribution in [3.63, 3.8) is 0 Å². The molecule has 0 aliphatic carbocycles. The average molecular weight is 675 g/mol. The highest BCUT2D eigenvalue weighted by molar-refractivity contribution is 5.96. The Bertz CT molecular complexity index is 1890. The van der Waals surface area contributed by atoms with Gasteiger partial charge in [-0.2, -0.15) is 0 Å². The van der Waals surface area contributed by atoms with Gasteiger partial charge in [0, 0.05) is 49.9 Å². The van der Waals surface area contributed by atoms with Crippen LogP contribution in [0, 0.1) is 0 Å². The second kappa shape index (κ2) is 14.8. The van der Waals surface area contributed by atoms with Crippen LogP contribution in [0.5, 0.6) is 17.2 Å². The van der Waals surface area contributed by atoms with Gasteiger partial charge >= 0.3 is 0 Å². The highest BCUT2D eigenvalue weighted by Crippen LogP contribution is 2.41. The summed E-state index contributed by atoms with van der Waals surface area (Å²) in [4.78, 5) is 30.7. The van der Waals surface area contributed by atoms with E-state index in [0.717, 1.165) is 74.7 Å². The van der Waals surface area contributed by atoms with Gasteiger partial charge in [-0.3, -0.25) is 9.78 Å². The van der Waals surface area contributed by atoms with Gasteiger partial charge in [-0.1, -0.05) is 48.5 Å². The molecule has 50 heavy (non-hydrogen) atoms. The number of methoxy groups -OCH3 is 3. The number of fused-ring (bicyclic) bond motifs is 1. The number of pyridine rings is 1. The van der Waals surface area contributed by atoms with Crippen molar-refractivity contribution < 1.29 is 19.0 Å². The van der Waals surface area contributed by atoms with E-state index < -0.39 is 0 Å². The van der Waals surface area contributed by atoms with E-state index in [4.69, 9.17) is 19.2 Å². The zero-order valence-electron chi connectivity index (χ0n) is 29.3. The third kappa shape index (κ3) is 6.72. The van der Waals surface area contributed by atoms with Crippen LogP contribution in [0.2, 0.25) is 0 Å². The van der Waals surface area contributed by atoms with Gasteiger partial charge in [0.05, 0.1) is 44.6 Å². The molecule has 10 nitrogen and oxygen atoms in total. The Morgan fingerprint density at radius 3 is 2.32 bits per heavy atom. The molecule has 2 aliphatic heterocycles. The monoisotopic (exact) mass is 674 g/mol. The molecule has 1 amide bonds. The van der Waals surface area contributed by atoms with Crippen LogP contribution in [-0.4, -0.2) is 97.4 Å². The summed E-state index contributed by atoms with van der Waals surface area (Å²) in [7, 11) is 4.71. The smallest absolute Gasteiger partial charge is 0.254 e. The maximum absolute atomic E-state index is 14.0. The molecule has 2 saturated heterocycles. The van der Waals surface area contributed by atoms with E-state index in [0.29, 0.717) is 42.4 Å². The number of likely N-dealkylation sites (tertiary alicyclic amines) is 1. The molecule has 4 heterocycles. The first kappa shape index (κ1) is 33.4. The number of amides is 1. The molecule has 1 atom stereocenters. The van der Waals surface area contributed by atoms with Crippen molar-refractivity contribution in [1.82, 2.24) is 24.3 Å². The Hall–Kier alpha value is -5.09. The number of aromatic nitrogens is 3. The third-order valence-corrected chi connectivity index (χ3v) is 10.4. The molecule has 2 aromatic heterocycles. The fraction of sp³-hybridized carbons (Fsp3) is 0.375. The molecule has 1 unspecified atom stereocenters. The van der Waals surface area contributed by atoms with E-state index >= 15 is 0 Å². The number of para-hydroxylation sites is 2. The van der Waals surface area contributed by atoms with E-state index in [1.54, 1.807) is 33.5 Å². The largest absolute Gasteiger partial charge is 0.493 e. The number of carbonyl (C=O) groups excluding carboxylic acids is 1. The topological polar surface area (TPSA) is 85.2 Å². The highest BCUT2D eigenvalue weighted by Gasteiger charge is 2.42. The summed E-state index contributed by atoms with van der Waals surface area (Å²) in [6.07, 6.45) is 4.78. The van der Waals surface area contributed by atoms with Gasteiger partial charge in [0.25, 0.3) is 5.91 Å². The predicted molar refractivity (Wildman–Crippen MR) is 196 cm³/mol. The molecular formula is C40H46N6O4.